The van der Waals surface area contributed by atoms with Crippen LogP contribution in [0.1, 0.15) is 20.3 Å². The van der Waals surface area contributed by atoms with Gasteiger partial charge in [0.15, 0.2) is 11.6 Å². The van der Waals surface area contributed by atoms with Crippen LogP contribution in [0.5, 0.6) is 17.2 Å². The maximum Gasteiger partial charge on any atom is 0.204 e. The van der Waals surface area contributed by atoms with Crippen molar-refractivity contribution in [1.29, 1.82) is 0 Å². The Balaban J connectivity index is 2.13. The van der Waals surface area contributed by atoms with Gasteiger partial charge in [-0.1, -0.05) is 37.6 Å². The fraction of sp³-hybridized carbons (Fsp3) is 0.333. The Hall–Kier alpha value is -1.78. The Morgan fingerprint density at radius 1 is 1.17 bits per heavy atom. The van der Waals surface area contributed by atoms with Crippen LogP contribution in [0.15, 0.2) is 42.5 Å². The normalized spacial score (nSPS) is 12.3. The highest BCUT2D eigenvalue weighted by Gasteiger charge is 2.14. The average Bonchev–Trinajstić information content (AvgIpc) is 2.47. The molecule has 0 spiro atoms. The van der Waals surface area contributed by atoms with Crippen molar-refractivity contribution in [2.24, 2.45) is 11.7 Å². The molecular formula is C18H21ClFNO2. The van der Waals surface area contributed by atoms with E-state index in [0.717, 1.165) is 6.42 Å². The van der Waals surface area contributed by atoms with E-state index in [1.807, 2.05) is 0 Å². The molecule has 5 heteroatoms. The van der Waals surface area contributed by atoms with Crippen LogP contribution in [0.25, 0.3) is 0 Å². The van der Waals surface area contributed by atoms with E-state index in [1.54, 1.807) is 36.4 Å². The van der Waals surface area contributed by atoms with E-state index in [1.165, 1.54) is 6.07 Å². The van der Waals surface area contributed by atoms with E-state index >= 15 is 0 Å². The van der Waals surface area contributed by atoms with Crippen molar-refractivity contribution in [2.45, 2.75) is 26.3 Å². The summed E-state index contributed by atoms with van der Waals surface area (Å²) >= 11 is 5.92. The largest absolute Gasteiger partial charge is 0.488 e. The lowest BCUT2D eigenvalue weighted by Gasteiger charge is -2.17. The van der Waals surface area contributed by atoms with Gasteiger partial charge in [-0.3, -0.25) is 0 Å². The Morgan fingerprint density at radius 2 is 1.91 bits per heavy atom. The van der Waals surface area contributed by atoms with Crippen molar-refractivity contribution < 1.29 is 13.9 Å². The molecule has 0 radical (unpaired) electrons. The zero-order valence-electron chi connectivity index (χ0n) is 13.3. The SMILES string of the molecule is CC(C)C[C@H](N)COc1cccc(F)c1Oc1cccc(Cl)c1. The summed E-state index contributed by atoms with van der Waals surface area (Å²) in [6.45, 7) is 4.49. The van der Waals surface area contributed by atoms with Gasteiger partial charge in [0.2, 0.25) is 5.75 Å². The van der Waals surface area contributed by atoms with E-state index in [2.05, 4.69) is 13.8 Å². The molecule has 3 nitrogen and oxygen atoms in total. The van der Waals surface area contributed by atoms with Crippen molar-refractivity contribution in [3.8, 4) is 17.2 Å². The molecule has 0 aromatic heterocycles. The van der Waals surface area contributed by atoms with Gasteiger partial charge in [-0.2, -0.15) is 0 Å². The molecule has 0 fully saturated rings. The molecule has 1 atom stereocenters. The van der Waals surface area contributed by atoms with Gasteiger partial charge < -0.3 is 15.2 Å². The summed E-state index contributed by atoms with van der Waals surface area (Å²) in [5, 5.41) is 0.514. The second-order valence-corrected chi connectivity index (χ2v) is 6.26. The first-order valence-electron chi connectivity index (χ1n) is 7.56. The van der Waals surface area contributed by atoms with Crippen molar-refractivity contribution in [2.75, 3.05) is 6.61 Å². The lowest BCUT2D eigenvalue weighted by atomic mass is 10.1. The summed E-state index contributed by atoms with van der Waals surface area (Å²) in [4.78, 5) is 0. The summed E-state index contributed by atoms with van der Waals surface area (Å²) in [7, 11) is 0. The average molecular weight is 338 g/mol. The Morgan fingerprint density at radius 3 is 2.61 bits per heavy atom. The van der Waals surface area contributed by atoms with E-state index in [9.17, 15) is 4.39 Å². The van der Waals surface area contributed by atoms with Gasteiger partial charge in [-0.15, -0.1) is 0 Å². The minimum atomic E-state index is -0.500. The number of para-hydroxylation sites is 1. The first-order valence-corrected chi connectivity index (χ1v) is 7.94. The molecule has 0 heterocycles. The summed E-state index contributed by atoms with van der Waals surface area (Å²) in [5.41, 5.74) is 6.01. The number of hydrogen-bond acceptors (Lipinski definition) is 3. The van der Waals surface area contributed by atoms with Gasteiger partial charge in [0.05, 0.1) is 0 Å². The number of halogens is 2. The summed E-state index contributed by atoms with van der Waals surface area (Å²) in [6, 6.07) is 11.2. The molecule has 2 rings (SSSR count). The number of benzene rings is 2. The third-order valence-electron chi connectivity index (χ3n) is 3.17. The molecule has 0 aliphatic rings. The predicted octanol–water partition coefficient (Wildman–Crippen LogP) is 5.02. The van der Waals surface area contributed by atoms with E-state index < -0.39 is 5.82 Å². The Bertz CT molecular complexity index is 649. The first kappa shape index (κ1) is 17.6. The molecule has 0 saturated heterocycles. The minimum absolute atomic E-state index is 0.0338. The molecule has 0 aliphatic carbocycles. The van der Waals surface area contributed by atoms with Crippen LogP contribution in [-0.4, -0.2) is 12.6 Å². The second-order valence-electron chi connectivity index (χ2n) is 5.83. The van der Waals surface area contributed by atoms with E-state index in [0.29, 0.717) is 29.0 Å². The number of nitrogens with two attached hydrogens (primary N) is 1. The number of hydrogen-bond donors (Lipinski definition) is 1. The molecule has 0 unspecified atom stereocenters. The van der Waals surface area contributed by atoms with Crippen LogP contribution in [0.2, 0.25) is 5.02 Å². The fourth-order valence-corrected chi connectivity index (χ4v) is 2.40. The van der Waals surface area contributed by atoms with Crippen molar-refractivity contribution in [1.82, 2.24) is 0 Å². The zero-order valence-corrected chi connectivity index (χ0v) is 14.0. The third-order valence-corrected chi connectivity index (χ3v) is 3.41. The lowest BCUT2D eigenvalue weighted by Crippen LogP contribution is -2.29. The predicted molar refractivity (Wildman–Crippen MR) is 90.9 cm³/mol. The second kappa shape index (κ2) is 8.18. The Labute approximate surface area is 141 Å². The van der Waals surface area contributed by atoms with Crippen LogP contribution in [0.3, 0.4) is 0 Å². The highest BCUT2D eigenvalue weighted by molar-refractivity contribution is 6.30. The molecule has 0 aliphatic heterocycles. The highest BCUT2D eigenvalue weighted by Crippen LogP contribution is 2.35. The number of rotatable bonds is 7. The van der Waals surface area contributed by atoms with E-state index in [4.69, 9.17) is 26.8 Å². The monoisotopic (exact) mass is 337 g/mol. The smallest absolute Gasteiger partial charge is 0.204 e. The number of ether oxygens (including phenoxy) is 2. The molecule has 23 heavy (non-hydrogen) atoms. The van der Waals surface area contributed by atoms with Crippen LogP contribution >= 0.6 is 11.6 Å². The minimum Gasteiger partial charge on any atom is -0.488 e. The maximum absolute atomic E-state index is 14.1. The van der Waals surface area contributed by atoms with Crippen molar-refractivity contribution in [3.05, 3.63) is 53.3 Å². The van der Waals surface area contributed by atoms with E-state index in [-0.39, 0.29) is 11.8 Å². The van der Waals surface area contributed by atoms with Gasteiger partial charge in [-0.05, 0) is 42.7 Å². The first-order chi connectivity index (χ1) is 11.0. The molecule has 2 aromatic carbocycles. The quantitative estimate of drug-likeness (QED) is 0.771. The maximum atomic E-state index is 14.1. The van der Waals surface area contributed by atoms with Crippen molar-refractivity contribution in [3.63, 3.8) is 0 Å². The fourth-order valence-electron chi connectivity index (χ4n) is 2.22. The molecule has 124 valence electrons. The highest BCUT2D eigenvalue weighted by atomic mass is 35.5. The van der Waals surface area contributed by atoms with Crippen molar-refractivity contribution >= 4 is 11.6 Å². The van der Waals surface area contributed by atoms with Gasteiger partial charge in [0.25, 0.3) is 0 Å². The Kier molecular flexibility index (Phi) is 6.25. The van der Waals surface area contributed by atoms with Crippen LogP contribution in [-0.2, 0) is 0 Å². The summed E-state index contributed by atoms with van der Waals surface area (Å²) < 4.78 is 25.4. The molecule has 2 N–H and O–H groups in total. The zero-order chi connectivity index (χ0) is 16.8. The topological polar surface area (TPSA) is 44.5 Å². The van der Waals surface area contributed by atoms with Gasteiger partial charge >= 0.3 is 0 Å². The van der Waals surface area contributed by atoms with Crippen LogP contribution in [0.4, 0.5) is 4.39 Å². The van der Waals surface area contributed by atoms with Gasteiger partial charge in [0, 0.05) is 11.1 Å². The summed E-state index contributed by atoms with van der Waals surface area (Å²) in [5.74, 6) is 0.776. The van der Waals surface area contributed by atoms with Crippen LogP contribution in [0, 0.1) is 11.7 Å². The molecule has 0 bridgehead atoms. The molecule has 2 aromatic rings. The van der Waals surface area contributed by atoms with Gasteiger partial charge in [-0.25, -0.2) is 4.39 Å². The lowest BCUT2D eigenvalue weighted by molar-refractivity contribution is 0.259. The third kappa shape index (κ3) is 5.41. The summed E-state index contributed by atoms with van der Waals surface area (Å²) in [6.07, 6.45) is 0.833. The molecule has 0 amide bonds. The molecular weight excluding hydrogens is 317 g/mol. The molecule has 0 saturated carbocycles. The standard InChI is InChI=1S/C18H21ClFNO2/c1-12(2)9-14(21)11-22-17-8-4-7-16(20)18(17)23-15-6-3-5-13(19)10-15/h3-8,10,12,14H,9,11,21H2,1-2H3/t14-/m0/s1. The van der Waals surface area contributed by atoms with Gasteiger partial charge in [0.1, 0.15) is 12.4 Å². The van der Waals surface area contributed by atoms with Crippen LogP contribution < -0.4 is 15.2 Å².